The van der Waals surface area contributed by atoms with Crippen molar-refractivity contribution < 1.29 is 0 Å². The van der Waals surface area contributed by atoms with E-state index in [9.17, 15) is 0 Å². The minimum Gasteiger partial charge on any atom is -0.395 e. The van der Waals surface area contributed by atoms with Gasteiger partial charge in [-0.25, -0.2) is 4.98 Å². The standard InChI is InChI=1S/C22H26ClN5/c1-27-9-11-28(12-10-27)15-17-6-4-5-16(13-17)14-25-21-18-7-2-3-8-19(18)26-22(23)20(21)24/h2-8,13H,9-12,14-15,24H2,1H3,(H,25,26). The topological polar surface area (TPSA) is 57.4 Å². The maximum absolute atomic E-state index is 6.23. The van der Waals surface area contributed by atoms with E-state index in [-0.39, 0.29) is 0 Å². The van der Waals surface area contributed by atoms with Crippen molar-refractivity contribution in [1.82, 2.24) is 14.8 Å². The highest BCUT2D eigenvalue weighted by Crippen LogP contribution is 2.33. The molecular formula is C22H26ClN5. The number of nitrogen functional groups attached to an aromatic ring is 1. The Morgan fingerprint density at radius 2 is 1.79 bits per heavy atom. The smallest absolute Gasteiger partial charge is 0.154 e. The van der Waals surface area contributed by atoms with Crippen molar-refractivity contribution >= 4 is 33.9 Å². The normalized spacial score (nSPS) is 15.8. The first-order valence-electron chi connectivity index (χ1n) is 9.66. The lowest BCUT2D eigenvalue weighted by molar-refractivity contribution is 0.148. The first-order valence-corrected chi connectivity index (χ1v) is 10.0. The highest BCUT2D eigenvalue weighted by atomic mass is 35.5. The molecule has 2 aromatic carbocycles. The number of pyridine rings is 1. The highest BCUT2D eigenvalue weighted by Gasteiger charge is 2.14. The molecule has 0 aliphatic carbocycles. The number of rotatable bonds is 5. The van der Waals surface area contributed by atoms with E-state index in [1.807, 2.05) is 24.3 Å². The summed E-state index contributed by atoms with van der Waals surface area (Å²) in [5.41, 5.74) is 11.0. The molecule has 0 bridgehead atoms. The SMILES string of the molecule is CN1CCN(Cc2cccc(CNc3c(N)c(Cl)nc4ccccc34)c2)CC1. The molecule has 0 spiro atoms. The summed E-state index contributed by atoms with van der Waals surface area (Å²) >= 11 is 6.23. The molecule has 0 amide bonds. The number of nitrogens with two attached hydrogens (primary N) is 1. The second-order valence-electron chi connectivity index (χ2n) is 7.46. The van der Waals surface area contributed by atoms with E-state index in [4.69, 9.17) is 17.3 Å². The number of halogens is 1. The maximum atomic E-state index is 6.23. The third-order valence-corrected chi connectivity index (χ3v) is 5.63. The van der Waals surface area contributed by atoms with Crippen LogP contribution >= 0.6 is 11.6 Å². The van der Waals surface area contributed by atoms with E-state index < -0.39 is 0 Å². The van der Waals surface area contributed by atoms with Crippen molar-refractivity contribution in [2.75, 3.05) is 44.3 Å². The Bertz CT molecular complexity index is 966. The number of hydrogen-bond acceptors (Lipinski definition) is 5. The number of benzene rings is 2. The van der Waals surface area contributed by atoms with Gasteiger partial charge in [0, 0.05) is 44.7 Å². The van der Waals surface area contributed by atoms with Crippen molar-refractivity contribution in [3.05, 3.63) is 64.8 Å². The molecule has 3 aromatic rings. The van der Waals surface area contributed by atoms with Crippen molar-refractivity contribution in [2.24, 2.45) is 0 Å². The molecule has 2 heterocycles. The molecular weight excluding hydrogens is 370 g/mol. The first kappa shape index (κ1) is 19.0. The van der Waals surface area contributed by atoms with Gasteiger partial charge in [0.25, 0.3) is 0 Å². The van der Waals surface area contributed by atoms with Crippen LogP contribution in [-0.2, 0) is 13.1 Å². The van der Waals surface area contributed by atoms with E-state index in [0.717, 1.165) is 49.3 Å². The summed E-state index contributed by atoms with van der Waals surface area (Å²) in [6.45, 7) is 6.19. The Kier molecular flexibility index (Phi) is 5.67. The summed E-state index contributed by atoms with van der Waals surface area (Å²) in [6, 6.07) is 16.6. The zero-order valence-electron chi connectivity index (χ0n) is 16.2. The molecule has 1 aliphatic heterocycles. The Morgan fingerprint density at radius 1 is 1.04 bits per heavy atom. The van der Waals surface area contributed by atoms with E-state index in [0.29, 0.717) is 17.4 Å². The minimum atomic E-state index is 0.338. The summed E-state index contributed by atoms with van der Waals surface area (Å²) in [5.74, 6) is 0. The number of nitrogens with one attached hydrogen (secondary N) is 1. The fourth-order valence-electron chi connectivity index (χ4n) is 3.68. The van der Waals surface area contributed by atoms with Gasteiger partial charge >= 0.3 is 0 Å². The lowest BCUT2D eigenvalue weighted by Gasteiger charge is -2.32. The van der Waals surface area contributed by atoms with Crippen LogP contribution in [-0.4, -0.2) is 48.0 Å². The van der Waals surface area contributed by atoms with Crippen LogP contribution in [0.5, 0.6) is 0 Å². The molecule has 28 heavy (non-hydrogen) atoms. The Balaban J connectivity index is 1.49. The second-order valence-corrected chi connectivity index (χ2v) is 7.82. The van der Waals surface area contributed by atoms with Crippen LogP contribution in [0.1, 0.15) is 11.1 Å². The van der Waals surface area contributed by atoms with Gasteiger partial charge in [-0.15, -0.1) is 0 Å². The van der Waals surface area contributed by atoms with Crippen LogP contribution in [0.4, 0.5) is 11.4 Å². The van der Waals surface area contributed by atoms with Crippen LogP contribution in [0.25, 0.3) is 10.9 Å². The molecule has 146 valence electrons. The third kappa shape index (κ3) is 4.22. The quantitative estimate of drug-likeness (QED) is 0.643. The largest absolute Gasteiger partial charge is 0.395 e. The fraction of sp³-hybridized carbons (Fsp3) is 0.318. The second kappa shape index (κ2) is 8.35. The molecule has 3 N–H and O–H groups in total. The molecule has 1 aliphatic rings. The first-order chi connectivity index (χ1) is 13.6. The van der Waals surface area contributed by atoms with Gasteiger partial charge in [0.15, 0.2) is 5.15 Å². The number of nitrogens with zero attached hydrogens (tertiary/aromatic N) is 3. The summed E-state index contributed by atoms with van der Waals surface area (Å²) in [6.07, 6.45) is 0. The van der Waals surface area contributed by atoms with Crippen molar-refractivity contribution in [1.29, 1.82) is 0 Å². The lowest BCUT2D eigenvalue weighted by Crippen LogP contribution is -2.43. The van der Waals surface area contributed by atoms with Gasteiger partial charge in [-0.05, 0) is 24.2 Å². The van der Waals surface area contributed by atoms with Crippen molar-refractivity contribution in [3.63, 3.8) is 0 Å². The van der Waals surface area contributed by atoms with E-state index in [2.05, 4.69) is 51.4 Å². The van der Waals surface area contributed by atoms with Crippen molar-refractivity contribution in [2.45, 2.75) is 13.1 Å². The zero-order chi connectivity index (χ0) is 19.5. The Morgan fingerprint density at radius 3 is 2.61 bits per heavy atom. The Hall–Kier alpha value is -2.34. The molecule has 0 radical (unpaired) electrons. The average molecular weight is 396 g/mol. The van der Waals surface area contributed by atoms with Crippen molar-refractivity contribution in [3.8, 4) is 0 Å². The van der Waals surface area contributed by atoms with Gasteiger partial charge in [0.05, 0.1) is 16.9 Å². The van der Waals surface area contributed by atoms with Crippen LogP contribution in [0, 0.1) is 0 Å². The summed E-state index contributed by atoms with van der Waals surface area (Å²) < 4.78 is 0. The predicted molar refractivity (Wildman–Crippen MR) is 118 cm³/mol. The van der Waals surface area contributed by atoms with Gasteiger partial charge in [0.1, 0.15) is 0 Å². The Labute approximate surface area is 171 Å². The molecule has 6 heteroatoms. The number of para-hydroxylation sites is 1. The summed E-state index contributed by atoms with van der Waals surface area (Å²) in [5, 5.41) is 4.80. The van der Waals surface area contributed by atoms with Gasteiger partial charge in [0.2, 0.25) is 0 Å². The molecule has 5 nitrogen and oxygen atoms in total. The van der Waals surface area contributed by atoms with Gasteiger partial charge in [-0.2, -0.15) is 0 Å². The molecule has 0 saturated carbocycles. The van der Waals surface area contributed by atoms with E-state index >= 15 is 0 Å². The average Bonchev–Trinajstić information content (AvgIpc) is 2.70. The van der Waals surface area contributed by atoms with Gasteiger partial charge in [-0.3, -0.25) is 4.90 Å². The number of hydrogen-bond donors (Lipinski definition) is 2. The van der Waals surface area contributed by atoms with Crippen LogP contribution in [0.15, 0.2) is 48.5 Å². The lowest BCUT2D eigenvalue weighted by atomic mass is 10.1. The van der Waals surface area contributed by atoms with Gasteiger partial charge in [-0.1, -0.05) is 54.1 Å². The van der Waals surface area contributed by atoms with Gasteiger partial charge < -0.3 is 16.0 Å². The maximum Gasteiger partial charge on any atom is 0.154 e. The zero-order valence-corrected chi connectivity index (χ0v) is 16.9. The monoisotopic (exact) mass is 395 g/mol. The summed E-state index contributed by atoms with van der Waals surface area (Å²) in [4.78, 5) is 9.26. The molecule has 1 saturated heterocycles. The third-order valence-electron chi connectivity index (χ3n) is 5.35. The number of fused-ring (bicyclic) bond motifs is 1. The molecule has 0 unspecified atom stereocenters. The molecule has 1 fully saturated rings. The van der Waals surface area contributed by atoms with E-state index in [1.54, 1.807) is 0 Å². The van der Waals surface area contributed by atoms with Crippen LogP contribution in [0.3, 0.4) is 0 Å². The summed E-state index contributed by atoms with van der Waals surface area (Å²) in [7, 11) is 2.18. The number of aromatic nitrogens is 1. The number of likely N-dealkylation sites (N-methyl/N-ethyl adjacent to an activating group) is 1. The van der Waals surface area contributed by atoms with Crippen LogP contribution in [0.2, 0.25) is 5.15 Å². The van der Waals surface area contributed by atoms with Crippen LogP contribution < -0.4 is 11.1 Å². The van der Waals surface area contributed by atoms with E-state index in [1.165, 1.54) is 11.1 Å². The molecule has 1 aromatic heterocycles. The molecule has 4 rings (SSSR count). The highest BCUT2D eigenvalue weighted by molar-refractivity contribution is 6.33. The molecule has 0 atom stereocenters. The number of anilines is 2. The predicted octanol–water partition coefficient (Wildman–Crippen LogP) is 3.83. The number of piperazine rings is 1. The minimum absolute atomic E-state index is 0.338. The fourth-order valence-corrected chi connectivity index (χ4v) is 3.87.